The number of rotatable bonds is 2. The van der Waals surface area contributed by atoms with E-state index >= 15 is 0 Å². The molecule has 4 nitrogen and oxygen atoms in total. The van der Waals surface area contributed by atoms with Gasteiger partial charge in [-0.1, -0.05) is 0 Å². The average Bonchev–Trinajstić information content (AvgIpc) is 1.68. The molecule has 0 spiro atoms. The van der Waals surface area contributed by atoms with Crippen LogP contribution in [0.1, 0.15) is 0 Å². The third-order valence-electron chi connectivity index (χ3n) is 0.365. The molecule has 0 aromatic heterocycles. The largest absolute Gasteiger partial charge is 0.392 e. The normalized spacial score (nSPS) is 12.3. The van der Waals surface area contributed by atoms with Crippen molar-refractivity contribution < 1.29 is 15.0 Å². The van der Waals surface area contributed by atoms with Crippen molar-refractivity contribution in [1.29, 1.82) is 0 Å². The SMILES string of the molecule is O=C=NC(O)CO. The summed E-state index contributed by atoms with van der Waals surface area (Å²) in [7, 11) is 0. The minimum atomic E-state index is -1.29. The van der Waals surface area contributed by atoms with Crippen LogP contribution in [0.5, 0.6) is 0 Å². The predicted octanol–water partition coefficient (Wildman–Crippen LogP) is -1.37. The Morgan fingerprint density at radius 2 is 2.43 bits per heavy atom. The Labute approximate surface area is 40.1 Å². The number of hydrogen-bond donors (Lipinski definition) is 2. The second kappa shape index (κ2) is 3.49. The van der Waals surface area contributed by atoms with Gasteiger partial charge in [0, 0.05) is 0 Å². The Bertz CT molecular complexity index is 86.2. The fraction of sp³-hybridized carbons (Fsp3) is 0.667. The first-order valence-corrected chi connectivity index (χ1v) is 1.67. The highest BCUT2D eigenvalue weighted by molar-refractivity contribution is 5.33. The summed E-state index contributed by atoms with van der Waals surface area (Å²) in [5.74, 6) is 0. The van der Waals surface area contributed by atoms with Crippen molar-refractivity contribution >= 4 is 6.08 Å². The van der Waals surface area contributed by atoms with Crippen LogP contribution in [0, 0.1) is 0 Å². The van der Waals surface area contributed by atoms with Crippen LogP contribution in [-0.4, -0.2) is 29.1 Å². The van der Waals surface area contributed by atoms with Gasteiger partial charge in [0.2, 0.25) is 6.08 Å². The van der Waals surface area contributed by atoms with Gasteiger partial charge in [-0.05, 0) is 0 Å². The average molecular weight is 103 g/mol. The highest BCUT2D eigenvalue weighted by atomic mass is 16.3. The van der Waals surface area contributed by atoms with Gasteiger partial charge in [-0.15, -0.1) is 0 Å². The molecular weight excluding hydrogens is 98.0 g/mol. The summed E-state index contributed by atoms with van der Waals surface area (Å²) in [5, 5.41) is 16.1. The molecule has 0 saturated carbocycles. The molecule has 0 fully saturated rings. The molecule has 0 rings (SSSR count). The second-order valence-electron chi connectivity index (χ2n) is 0.884. The third kappa shape index (κ3) is 3.12. The lowest BCUT2D eigenvalue weighted by Crippen LogP contribution is -2.06. The molecule has 0 aliphatic carbocycles. The van der Waals surface area contributed by atoms with Crippen molar-refractivity contribution in [3.8, 4) is 0 Å². The van der Waals surface area contributed by atoms with Crippen LogP contribution < -0.4 is 0 Å². The van der Waals surface area contributed by atoms with Crippen LogP contribution in [0.4, 0.5) is 0 Å². The number of carbonyl (C=O) groups excluding carboxylic acids is 1. The predicted molar refractivity (Wildman–Crippen MR) is 21.2 cm³/mol. The fourth-order valence-electron chi connectivity index (χ4n) is 0.102. The number of nitrogens with zero attached hydrogens (tertiary/aromatic N) is 1. The summed E-state index contributed by atoms with van der Waals surface area (Å²) in [6, 6.07) is 0. The second-order valence-corrected chi connectivity index (χ2v) is 0.884. The Balaban J connectivity index is 3.35. The van der Waals surface area contributed by atoms with Gasteiger partial charge in [-0.3, -0.25) is 0 Å². The molecule has 0 bridgehead atoms. The molecule has 0 aliphatic rings. The summed E-state index contributed by atoms with van der Waals surface area (Å²) in [6.07, 6.45) is -0.211. The molecule has 40 valence electrons. The van der Waals surface area contributed by atoms with Crippen LogP contribution in [0.15, 0.2) is 4.99 Å². The zero-order chi connectivity index (χ0) is 5.70. The minimum Gasteiger partial charge on any atom is -0.392 e. The monoisotopic (exact) mass is 103 g/mol. The number of aliphatic imine (C=N–C) groups is 1. The van der Waals surface area contributed by atoms with Gasteiger partial charge in [0.05, 0.1) is 6.61 Å². The van der Waals surface area contributed by atoms with Crippen LogP contribution in [-0.2, 0) is 4.79 Å². The van der Waals surface area contributed by atoms with Crippen LogP contribution in [0.3, 0.4) is 0 Å². The topological polar surface area (TPSA) is 69.9 Å². The lowest BCUT2D eigenvalue weighted by Gasteiger charge is -1.90. The molecule has 0 aromatic carbocycles. The molecule has 0 aliphatic heterocycles. The van der Waals surface area contributed by atoms with Gasteiger partial charge in [-0.2, -0.15) is 4.99 Å². The Morgan fingerprint density at radius 3 is 2.57 bits per heavy atom. The molecule has 0 saturated heterocycles. The number of aliphatic hydroxyl groups excluding tert-OH is 2. The van der Waals surface area contributed by atoms with E-state index in [1.807, 2.05) is 0 Å². The molecular formula is C3H5NO3. The first-order chi connectivity index (χ1) is 3.31. The molecule has 0 radical (unpaired) electrons. The van der Waals surface area contributed by atoms with Gasteiger partial charge in [0.25, 0.3) is 0 Å². The van der Waals surface area contributed by atoms with Crippen LogP contribution in [0.25, 0.3) is 0 Å². The maximum atomic E-state index is 9.21. The van der Waals surface area contributed by atoms with Gasteiger partial charge in [0.1, 0.15) is 0 Å². The number of isocyanates is 1. The van der Waals surface area contributed by atoms with Crippen molar-refractivity contribution in [3.05, 3.63) is 0 Å². The number of aliphatic hydroxyl groups is 2. The molecule has 7 heavy (non-hydrogen) atoms. The summed E-state index contributed by atoms with van der Waals surface area (Å²) < 4.78 is 0. The van der Waals surface area contributed by atoms with Gasteiger partial charge in [-0.25, -0.2) is 4.79 Å². The van der Waals surface area contributed by atoms with Crippen molar-refractivity contribution in [1.82, 2.24) is 0 Å². The lowest BCUT2D eigenvalue weighted by atomic mass is 10.6. The van der Waals surface area contributed by atoms with E-state index in [0.29, 0.717) is 0 Å². The molecule has 0 heterocycles. The molecule has 0 aromatic rings. The van der Waals surface area contributed by atoms with E-state index in [0.717, 1.165) is 6.08 Å². The maximum absolute atomic E-state index is 9.21. The summed E-state index contributed by atoms with van der Waals surface area (Å²) in [6.45, 7) is -0.532. The van der Waals surface area contributed by atoms with Crippen LogP contribution in [0.2, 0.25) is 0 Å². The van der Waals surface area contributed by atoms with E-state index < -0.39 is 12.8 Å². The molecule has 0 amide bonds. The Morgan fingerprint density at radius 1 is 1.86 bits per heavy atom. The smallest absolute Gasteiger partial charge is 0.237 e. The van der Waals surface area contributed by atoms with Crippen molar-refractivity contribution in [2.24, 2.45) is 4.99 Å². The van der Waals surface area contributed by atoms with Crippen molar-refractivity contribution in [2.75, 3.05) is 6.61 Å². The fourth-order valence-corrected chi connectivity index (χ4v) is 0.102. The quantitative estimate of drug-likeness (QED) is 0.334. The summed E-state index contributed by atoms with van der Waals surface area (Å²) in [4.78, 5) is 12.0. The van der Waals surface area contributed by atoms with Gasteiger partial charge >= 0.3 is 0 Å². The Hall–Kier alpha value is -0.700. The van der Waals surface area contributed by atoms with E-state index in [4.69, 9.17) is 10.2 Å². The zero-order valence-corrected chi connectivity index (χ0v) is 3.53. The van der Waals surface area contributed by atoms with E-state index in [1.54, 1.807) is 0 Å². The van der Waals surface area contributed by atoms with E-state index in [-0.39, 0.29) is 0 Å². The van der Waals surface area contributed by atoms with Gasteiger partial charge in [0.15, 0.2) is 6.23 Å². The highest BCUT2D eigenvalue weighted by Crippen LogP contribution is 1.75. The standard InChI is InChI=1S/C3H5NO3/c5-1-3(7)4-2-6/h3,5,7H,1H2. The Kier molecular flexibility index (Phi) is 3.14. The molecule has 2 N–H and O–H groups in total. The third-order valence-corrected chi connectivity index (χ3v) is 0.365. The highest BCUT2D eigenvalue weighted by Gasteiger charge is 1.92. The molecule has 1 atom stereocenters. The van der Waals surface area contributed by atoms with Crippen molar-refractivity contribution in [2.45, 2.75) is 6.23 Å². The van der Waals surface area contributed by atoms with E-state index in [1.165, 1.54) is 0 Å². The first-order valence-electron chi connectivity index (χ1n) is 1.67. The first kappa shape index (κ1) is 6.30. The molecule has 4 heteroatoms. The molecule has 1 unspecified atom stereocenters. The summed E-state index contributed by atoms with van der Waals surface area (Å²) in [5.41, 5.74) is 0. The minimum absolute atomic E-state index is 0.532. The van der Waals surface area contributed by atoms with Crippen LogP contribution >= 0.6 is 0 Å². The zero-order valence-electron chi connectivity index (χ0n) is 3.53. The van der Waals surface area contributed by atoms with Gasteiger partial charge < -0.3 is 10.2 Å². The van der Waals surface area contributed by atoms with E-state index in [2.05, 4.69) is 4.99 Å². The van der Waals surface area contributed by atoms with E-state index in [9.17, 15) is 4.79 Å². The van der Waals surface area contributed by atoms with Crippen molar-refractivity contribution in [3.63, 3.8) is 0 Å². The lowest BCUT2D eigenvalue weighted by molar-refractivity contribution is 0.102. The number of hydrogen-bond acceptors (Lipinski definition) is 4. The summed E-state index contributed by atoms with van der Waals surface area (Å²) >= 11 is 0. The maximum Gasteiger partial charge on any atom is 0.237 e.